The lowest BCUT2D eigenvalue weighted by molar-refractivity contribution is 0.0982. The highest BCUT2D eigenvalue weighted by Gasteiger charge is 2.30. The molecule has 37 heavy (non-hydrogen) atoms. The molecule has 4 aromatic heterocycles. The van der Waals surface area contributed by atoms with E-state index >= 15 is 0 Å². The van der Waals surface area contributed by atoms with Gasteiger partial charge in [-0.25, -0.2) is 14.8 Å². The molecule has 1 aliphatic rings. The minimum atomic E-state index is -0.335. The van der Waals surface area contributed by atoms with Gasteiger partial charge in [-0.3, -0.25) is 28.6 Å². The summed E-state index contributed by atoms with van der Waals surface area (Å²) in [7, 11) is 0. The highest BCUT2D eigenvalue weighted by atomic mass is 16.2. The highest BCUT2D eigenvalue weighted by molar-refractivity contribution is 6.05. The Kier molecular flexibility index (Phi) is 6.49. The molecule has 5 rings (SSSR count). The summed E-state index contributed by atoms with van der Waals surface area (Å²) in [6.45, 7) is 8.91. The van der Waals surface area contributed by atoms with E-state index in [1.807, 2.05) is 39.8 Å². The van der Waals surface area contributed by atoms with Gasteiger partial charge in [-0.1, -0.05) is 20.8 Å². The first kappa shape index (κ1) is 24.6. The summed E-state index contributed by atoms with van der Waals surface area (Å²) in [5.74, 6) is 1.02. The van der Waals surface area contributed by atoms with E-state index in [0.29, 0.717) is 47.0 Å². The topological polar surface area (TPSA) is 119 Å². The fraction of sp³-hybridized carbons (Fsp3) is 0.407. The number of fused-ring (bicyclic) bond motifs is 1. The van der Waals surface area contributed by atoms with Crippen LogP contribution in [0.3, 0.4) is 0 Å². The number of aromatic nitrogens is 6. The van der Waals surface area contributed by atoms with Crippen molar-refractivity contribution in [1.29, 1.82) is 0 Å². The number of hydrogen-bond donors (Lipinski definition) is 1. The maximum atomic E-state index is 13.3. The van der Waals surface area contributed by atoms with Crippen molar-refractivity contribution in [2.45, 2.75) is 59.5 Å². The molecule has 10 heteroatoms. The molecule has 1 aliphatic carbocycles. The molecule has 0 saturated heterocycles. The van der Waals surface area contributed by atoms with Crippen molar-refractivity contribution in [3.05, 3.63) is 68.8 Å². The molecule has 0 aliphatic heterocycles. The van der Waals surface area contributed by atoms with Gasteiger partial charge in [0, 0.05) is 42.8 Å². The molecule has 1 saturated carbocycles. The summed E-state index contributed by atoms with van der Waals surface area (Å²) in [4.78, 5) is 57.7. The van der Waals surface area contributed by atoms with Crippen LogP contribution in [-0.2, 0) is 6.54 Å². The van der Waals surface area contributed by atoms with Crippen LogP contribution in [0.15, 0.2) is 46.2 Å². The van der Waals surface area contributed by atoms with Crippen molar-refractivity contribution < 1.29 is 4.79 Å². The number of hydrogen-bond acceptors (Lipinski definition) is 6. The lowest BCUT2D eigenvalue weighted by atomic mass is 10.1. The number of amides is 1. The first-order valence-corrected chi connectivity index (χ1v) is 12.7. The van der Waals surface area contributed by atoms with Crippen LogP contribution in [0.5, 0.6) is 0 Å². The van der Waals surface area contributed by atoms with E-state index in [1.165, 1.54) is 4.57 Å². The molecule has 10 nitrogen and oxygen atoms in total. The van der Waals surface area contributed by atoms with Crippen molar-refractivity contribution in [2.24, 2.45) is 5.92 Å². The number of pyridine rings is 2. The number of anilines is 1. The molecule has 0 aromatic carbocycles. The van der Waals surface area contributed by atoms with E-state index in [-0.39, 0.29) is 29.1 Å². The van der Waals surface area contributed by atoms with E-state index in [4.69, 9.17) is 0 Å². The van der Waals surface area contributed by atoms with Crippen LogP contribution >= 0.6 is 0 Å². The molecule has 192 valence electrons. The first-order valence-electron chi connectivity index (χ1n) is 12.7. The van der Waals surface area contributed by atoms with Crippen molar-refractivity contribution in [3.8, 4) is 11.4 Å². The SMILES string of the molecule is CCCn1c(=O)n(C2CC2)c(=O)c2[nH]c(-c3ccc(N(CC(C)C)C(=O)c4ccc(C)nc4)nc3)nc21. The number of nitrogens with zero attached hydrogens (tertiary/aromatic N) is 6. The van der Waals surface area contributed by atoms with Crippen LogP contribution < -0.4 is 16.1 Å². The smallest absolute Gasteiger partial charge is 0.332 e. The first-order chi connectivity index (χ1) is 17.8. The minimum Gasteiger partial charge on any atom is -0.332 e. The molecular formula is C27H31N7O3. The van der Waals surface area contributed by atoms with Gasteiger partial charge in [0.15, 0.2) is 5.65 Å². The van der Waals surface area contributed by atoms with E-state index in [0.717, 1.165) is 25.0 Å². The molecule has 1 N–H and O–H groups in total. The van der Waals surface area contributed by atoms with E-state index < -0.39 is 0 Å². The van der Waals surface area contributed by atoms with Crippen LogP contribution in [0.1, 0.15) is 62.1 Å². The lowest BCUT2D eigenvalue weighted by Crippen LogP contribution is -2.39. The summed E-state index contributed by atoms with van der Waals surface area (Å²) >= 11 is 0. The van der Waals surface area contributed by atoms with E-state index in [9.17, 15) is 14.4 Å². The quantitative estimate of drug-likeness (QED) is 0.393. The van der Waals surface area contributed by atoms with Crippen LogP contribution in [0, 0.1) is 12.8 Å². The number of rotatable bonds is 8. The molecule has 0 spiro atoms. The number of carbonyl (C=O) groups excluding carboxylic acids is 1. The molecular weight excluding hydrogens is 470 g/mol. The predicted molar refractivity (Wildman–Crippen MR) is 142 cm³/mol. The fourth-order valence-corrected chi connectivity index (χ4v) is 4.43. The second-order valence-corrected chi connectivity index (χ2v) is 10.0. The summed E-state index contributed by atoms with van der Waals surface area (Å²) in [6, 6.07) is 7.13. The largest absolute Gasteiger partial charge is 0.333 e. The Labute approximate surface area is 214 Å². The van der Waals surface area contributed by atoms with Crippen molar-refractivity contribution in [1.82, 2.24) is 29.1 Å². The Balaban J connectivity index is 1.52. The van der Waals surface area contributed by atoms with Gasteiger partial charge < -0.3 is 4.98 Å². The van der Waals surface area contributed by atoms with Gasteiger partial charge in [-0.15, -0.1) is 0 Å². The zero-order valence-corrected chi connectivity index (χ0v) is 21.6. The van der Waals surface area contributed by atoms with Crippen molar-refractivity contribution >= 4 is 22.9 Å². The average molecular weight is 502 g/mol. The Morgan fingerprint density at radius 1 is 1.14 bits per heavy atom. The maximum Gasteiger partial charge on any atom is 0.333 e. The van der Waals surface area contributed by atoms with Gasteiger partial charge in [-0.05, 0) is 56.4 Å². The second kappa shape index (κ2) is 9.76. The van der Waals surface area contributed by atoms with Crippen LogP contribution in [0.25, 0.3) is 22.6 Å². The number of H-pyrrole nitrogens is 1. The summed E-state index contributed by atoms with van der Waals surface area (Å²) in [6.07, 6.45) is 5.63. The number of nitrogens with one attached hydrogen (secondary N) is 1. The third-order valence-corrected chi connectivity index (χ3v) is 6.42. The van der Waals surface area contributed by atoms with Gasteiger partial charge in [0.2, 0.25) is 0 Å². The lowest BCUT2D eigenvalue weighted by Gasteiger charge is -2.23. The Hall–Kier alpha value is -4.08. The van der Waals surface area contributed by atoms with Gasteiger partial charge in [-0.2, -0.15) is 0 Å². The molecule has 0 atom stereocenters. The van der Waals surface area contributed by atoms with Crippen LogP contribution in [0.4, 0.5) is 5.82 Å². The van der Waals surface area contributed by atoms with E-state index in [2.05, 4.69) is 19.9 Å². The normalized spacial score (nSPS) is 13.4. The van der Waals surface area contributed by atoms with Crippen molar-refractivity contribution in [3.63, 3.8) is 0 Å². The van der Waals surface area contributed by atoms with Gasteiger partial charge >= 0.3 is 5.69 Å². The Bertz CT molecular complexity index is 1560. The number of carbonyl (C=O) groups is 1. The average Bonchev–Trinajstić information content (AvgIpc) is 3.61. The standard InChI is InChI=1S/C27H31N7O3/c1-5-12-32-24-22(26(36)34(27(32)37)20-9-10-20)30-23(31-24)18-8-11-21(29-13-18)33(15-16(2)3)25(35)19-7-6-17(4)28-14-19/h6-8,11,13-14,16,20H,5,9-10,12,15H2,1-4H3,(H,30,31). The van der Waals surface area contributed by atoms with E-state index in [1.54, 1.807) is 34.0 Å². The molecule has 1 amide bonds. The number of aryl methyl sites for hydroxylation is 2. The molecule has 0 unspecified atom stereocenters. The molecule has 0 radical (unpaired) electrons. The Morgan fingerprint density at radius 2 is 1.92 bits per heavy atom. The summed E-state index contributed by atoms with van der Waals surface area (Å²) in [5.41, 5.74) is 2.03. The monoisotopic (exact) mass is 501 g/mol. The molecule has 4 heterocycles. The predicted octanol–water partition coefficient (Wildman–Crippen LogP) is 3.70. The van der Waals surface area contributed by atoms with Crippen molar-refractivity contribution in [2.75, 3.05) is 11.4 Å². The number of imidazole rings is 1. The zero-order chi connectivity index (χ0) is 26.3. The van der Waals surface area contributed by atoms with Gasteiger partial charge in [0.05, 0.1) is 5.56 Å². The molecule has 4 aromatic rings. The highest BCUT2D eigenvalue weighted by Crippen LogP contribution is 2.32. The fourth-order valence-electron chi connectivity index (χ4n) is 4.43. The zero-order valence-electron chi connectivity index (χ0n) is 21.6. The Morgan fingerprint density at radius 3 is 2.51 bits per heavy atom. The summed E-state index contributed by atoms with van der Waals surface area (Å²) < 4.78 is 2.94. The minimum absolute atomic E-state index is 0.0339. The van der Waals surface area contributed by atoms with Crippen LogP contribution in [-0.4, -0.2) is 41.5 Å². The third-order valence-electron chi connectivity index (χ3n) is 6.42. The van der Waals surface area contributed by atoms with Crippen LogP contribution in [0.2, 0.25) is 0 Å². The second-order valence-electron chi connectivity index (χ2n) is 10.0. The summed E-state index contributed by atoms with van der Waals surface area (Å²) in [5, 5.41) is 0. The number of aromatic amines is 1. The molecule has 1 fully saturated rings. The molecule has 0 bridgehead atoms. The maximum absolute atomic E-state index is 13.3. The van der Waals surface area contributed by atoms with Gasteiger partial charge in [0.1, 0.15) is 17.2 Å². The van der Waals surface area contributed by atoms with Gasteiger partial charge in [0.25, 0.3) is 11.5 Å². The third kappa shape index (κ3) is 4.71.